The molecule has 24 heavy (non-hydrogen) atoms. The molecule has 1 aromatic rings. The maximum Gasteiger partial charge on any atom is 0.238 e. The SMILES string of the molecule is C[C@H]1CN(Cc2ccccc2CNC(=O)[C@H]2CSCN2)C[C@H](C)O1. The topological polar surface area (TPSA) is 53.6 Å². The van der Waals surface area contributed by atoms with Crippen LogP contribution in [-0.2, 0) is 22.6 Å². The third-order valence-corrected chi connectivity index (χ3v) is 5.43. The number of rotatable bonds is 5. The Kier molecular flexibility index (Phi) is 6.16. The van der Waals surface area contributed by atoms with Crippen molar-refractivity contribution in [2.75, 3.05) is 24.7 Å². The number of ether oxygens (including phenoxy) is 1. The average Bonchev–Trinajstić information content (AvgIpc) is 3.07. The van der Waals surface area contributed by atoms with Crippen molar-refractivity contribution in [2.45, 2.75) is 45.2 Å². The number of morpholine rings is 1. The van der Waals surface area contributed by atoms with Crippen LogP contribution in [0.15, 0.2) is 24.3 Å². The van der Waals surface area contributed by atoms with Gasteiger partial charge in [0.15, 0.2) is 0 Å². The second kappa shape index (κ2) is 8.34. The van der Waals surface area contributed by atoms with Gasteiger partial charge in [-0.15, -0.1) is 11.8 Å². The van der Waals surface area contributed by atoms with Crippen molar-refractivity contribution in [3.8, 4) is 0 Å². The quantitative estimate of drug-likeness (QED) is 0.845. The third-order valence-electron chi connectivity index (χ3n) is 4.49. The van der Waals surface area contributed by atoms with E-state index < -0.39 is 0 Å². The lowest BCUT2D eigenvalue weighted by Crippen LogP contribution is -2.45. The summed E-state index contributed by atoms with van der Waals surface area (Å²) in [5.41, 5.74) is 2.48. The van der Waals surface area contributed by atoms with Gasteiger partial charge in [-0.2, -0.15) is 0 Å². The van der Waals surface area contributed by atoms with E-state index >= 15 is 0 Å². The van der Waals surface area contributed by atoms with E-state index in [2.05, 4.69) is 47.6 Å². The predicted octanol–water partition coefficient (Wildman–Crippen LogP) is 1.57. The minimum absolute atomic E-state index is 0.0527. The normalized spacial score (nSPS) is 28.0. The molecule has 1 amide bonds. The van der Waals surface area contributed by atoms with Crippen molar-refractivity contribution in [3.63, 3.8) is 0 Å². The zero-order chi connectivity index (χ0) is 16.9. The van der Waals surface area contributed by atoms with Gasteiger partial charge in [0.1, 0.15) is 0 Å². The van der Waals surface area contributed by atoms with Crippen LogP contribution in [0.25, 0.3) is 0 Å². The van der Waals surface area contributed by atoms with Crippen molar-refractivity contribution >= 4 is 17.7 Å². The van der Waals surface area contributed by atoms with Crippen LogP contribution in [0.2, 0.25) is 0 Å². The summed E-state index contributed by atoms with van der Waals surface area (Å²) in [6, 6.07) is 8.33. The lowest BCUT2D eigenvalue weighted by atomic mass is 10.1. The first-order valence-electron chi connectivity index (χ1n) is 8.65. The Labute approximate surface area is 148 Å². The fourth-order valence-electron chi connectivity index (χ4n) is 3.41. The van der Waals surface area contributed by atoms with Crippen LogP contribution in [0, 0.1) is 0 Å². The highest BCUT2D eigenvalue weighted by atomic mass is 32.2. The van der Waals surface area contributed by atoms with Crippen LogP contribution in [0.5, 0.6) is 0 Å². The van der Waals surface area contributed by atoms with E-state index in [-0.39, 0.29) is 24.2 Å². The predicted molar refractivity (Wildman–Crippen MR) is 97.8 cm³/mol. The highest BCUT2D eigenvalue weighted by Crippen LogP contribution is 2.17. The summed E-state index contributed by atoms with van der Waals surface area (Å²) in [6.45, 7) is 7.65. The van der Waals surface area contributed by atoms with Crippen LogP contribution in [0.3, 0.4) is 0 Å². The number of thioether (sulfide) groups is 1. The number of nitrogens with one attached hydrogen (secondary N) is 2. The Morgan fingerprint density at radius 1 is 1.29 bits per heavy atom. The van der Waals surface area contributed by atoms with Gasteiger partial charge < -0.3 is 10.1 Å². The molecule has 6 heteroatoms. The standard InChI is InChI=1S/C18H27N3O2S/c1-13-8-21(9-14(2)23-13)10-16-6-4-3-5-15(16)7-19-18(22)17-11-24-12-20-17/h3-6,13-14,17,20H,7-12H2,1-2H3,(H,19,22)/t13-,14-,17+/m0/s1. The van der Waals surface area contributed by atoms with Gasteiger partial charge in [0.05, 0.1) is 18.2 Å². The van der Waals surface area contributed by atoms with Gasteiger partial charge in [-0.3, -0.25) is 15.0 Å². The number of nitrogens with zero attached hydrogens (tertiary/aromatic N) is 1. The Morgan fingerprint density at radius 2 is 2.00 bits per heavy atom. The number of carbonyl (C=O) groups is 1. The summed E-state index contributed by atoms with van der Waals surface area (Å²) in [5, 5.41) is 6.29. The molecule has 0 spiro atoms. The number of amides is 1. The number of hydrogen-bond acceptors (Lipinski definition) is 5. The molecule has 2 saturated heterocycles. The summed E-state index contributed by atoms with van der Waals surface area (Å²) >= 11 is 1.77. The second-order valence-electron chi connectivity index (χ2n) is 6.71. The fraction of sp³-hybridized carbons (Fsp3) is 0.611. The van der Waals surface area contributed by atoms with Crippen LogP contribution < -0.4 is 10.6 Å². The largest absolute Gasteiger partial charge is 0.373 e. The molecule has 2 heterocycles. The van der Waals surface area contributed by atoms with Crippen molar-refractivity contribution in [3.05, 3.63) is 35.4 Å². The van der Waals surface area contributed by atoms with Gasteiger partial charge in [-0.25, -0.2) is 0 Å². The monoisotopic (exact) mass is 349 g/mol. The zero-order valence-electron chi connectivity index (χ0n) is 14.5. The van der Waals surface area contributed by atoms with E-state index in [4.69, 9.17) is 4.74 Å². The van der Waals surface area contributed by atoms with E-state index in [0.29, 0.717) is 6.54 Å². The van der Waals surface area contributed by atoms with Crippen LogP contribution >= 0.6 is 11.8 Å². The van der Waals surface area contributed by atoms with Crippen LogP contribution in [-0.4, -0.2) is 53.8 Å². The molecule has 0 aliphatic carbocycles. The molecule has 3 atom stereocenters. The second-order valence-corrected chi connectivity index (χ2v) is 7.74. The highest BCUT2D eigenvalue weighted by Gasteiger charge is 2.24. The molecule has 0 unspecified atom stereocenters. The van der Waals surface area contributed by atoms with E-state index in [9.17, 15) is 4.79 Å². The first-order chi connectivity index (χ1) is 11.6. The van der Waals surface area contributed by atoms with Crippen LogP contribution in [0.4, 0.5) is 0 Å². The molecular formula is C18H27N3O2S. The molecular weight excluding hydrogens is 322 g/mol. The summed E-state index contributed by atoms with van der Waals surface area (Å²) < 4.78 is 5.81. The minimum atomic E-state index is -0.0527. The van der Waals surface area contributed by atoms with Gasteiger partial charge in [-0.1, -0.05) is 24.3 Å². The van der Waals surface area contributed by atoms with Gasteiger partial charge in [0.2, 0.25) is 5.91 Å². The molecule has 0 saturated carbocycles. The Balaban J connectivity index is 1.59. The molecule has 2 fully saturated rings. The Morgan fingerprint density at radius 3 is 2.67 bits per heavy atom. The van der Waals surface area contributed by atoms with Gasteiger partial charge in [-0.05, 0) is 25.0 Å². The van der Waals surface area contributed by atoms with Gasteiger partial charge in [0.25, 0.3) is 0 Å². The molecule has 132 valence electrons. The summed E-state index contributed by atoms with van der Waals surface area (Å²) in [5.74, 6) is 1.82. The fourth-order valence-corrected chi connectivity index (χ4v) is 4.35. The lowest BCUT2D eigenvalue weighted by molar-refractivity contribution is -0.122. The average molecular weight is 350 g/mol. The molecule has 0 bridgehead atoms. The summed E-state index contributed by atoms with van der Waals surface area (Å²) in [7, 11) is 0. The van der Waals surface area contributed by atoms with Crippen molar-refractivity contribution in [2.24, 2.45) is 0 Å². The Bertz CT molecular complexity index is 553. The number of carbonyl (C=O) groups excluding carboxylic acids is 1. The Hall–Kier alpha value is -1.08. The molecule has 2 N–H and O–H groups in total. The first kappa shape index (κ1) is 17.7. The minimum Gasteiger partial charge on any atom is -0.373 e. The molecule has 3 rings (SSSR count). The van der Waals surface area contributed by atoms with E-state index in [1.54, 1.807) is 11.8 Å². The van der Waals surface area contributed by atoms with E-state index in [0.717, 1.165) is 31.3 Å². The number of benzene rings is 1. The molecule has 2 aliphatic heterocycles. The van der Waals surface area contributed by atoms with Crippen molar-refractivity contribution in [1.29, 1.82) is 0 Å². The smallest absolute Gasteiger partial charge is 0.238 e. The molecule has 1 aromatic carbocycles. The van der Waals surface area contributed by atoms with Crippen molar-refractivity contribution in [1.82, 2.24) is 15.5 Å². The van der Waals surface area contributed by atoms with E-state index in [1.165, 1.54) is 11.1 Å². The molecule has 0 aromatic heterocycles. The van der Waals surface area contributed by atoms with Gasteiger partial charge >= 0.3 is 0 Å². The van der Waals surface area contributed by atoms with E-state index in [1.807, 2.05) is 6.07 Å². The number of hydrogen-bond donors (Lipinski definition) is 2. The maximum absolute atomic E-state index is 12.2. The highest BCUT2D eigenvalue weighted by molar-refractivity contribution is 7.99. The maximum atomic E-state index is 12.2. The third kappa shape index (κ3) is 4.72. The molecule has 5 nitrogen and oxygen atoms in total. The zero-order valence-corrected chi connectivity index (χ0v) is 15.3. The van der Waals surface area contributed by atoms with Crippen LogP contribution in [0.1, 0.15) is 25.0 Å². The summed E-state index contributed by atoms with van der Waals surface area (Å²) in [6.07, 6.45) is 0.540. The molecule has 2 aliphatic rings. The van der Waals surface area contributed by atoms with Crippen molar-refractivity contribution < 1.29 is 9.53 Å². The molecule has 0 radical (unpaired) electrons. The summed E-state index contributed by atoms with van der Waals surface area (Å²) in [4.78, 5) is 14.6. The first-order valence-corrected chi connectivity index (χ1v) is 9.80. The lowest BCUT2D eigenvalue weighted by Gasteiger charge is -2.35. The van der Waals surface area contributed by atoms with Gasteiger partial charge in [0, 0.05) is 37.8 Å².